The highest BCUT2D eigenvalue weighted by atomic mass is 35.5. The van der Waals surface area contributed by atoms with E-state index < -0.39 is 35.9 Å². The number of amides is 7. The van der Waals surface area contributed by atoms with Gasteiger partial charge >= 0.3 is 18.1 Å². The predicted octanol–water partition coefficient (Wildman–Crippen LogP) is 1.75. The maximum Gasteiger partial charge on any atom is 0.342 e. The summed E-state index contributed by atoms with van der Waals surface area (Å²) >= 11 is 0. The first-order chi connectivity index (χ1) is 17.8. The number of nitrogens with one attached hydrogen (secondary N) is 6. The van der Waals surface area contributed by atoms with Crippen molar-refractivity contribution in [2.45, 2.75) is 58.7 Å². The lowest BCUT2D eigenvalue weighted by atomic mass is 10.1. The maximum absolute atomic E-state index is 11.8. The van der Waals surface area contributed by atoms with Crippen molar-refractivity contribution < 1.29 is 24.0 Å². The molecule has 0 aliphatic rings. The lowest BCUT2D eigenvalue weighted by Gasteiger charge is -2.20. The molecule has 0 saturated carbocycles. The van der Waals surface area contributed by atoms with Crippen molar-refractivity contribution in [3.8, 4) is 6.07 Å². The molecule has 0 aliphatic heterocycles. The summed E-state index contributed by atoms with van der Waals surface area (Å²) in [7, 11) is 4.37. The second-order valence-corrected chi connectivity index (χ2v) is 9.49. The molecule has 1 aromatic rings. The summed E-state index contributed by atoms with van der Waals surface area (Å²) < 4.78 is 1.08. The minimum atomic E-state index is -1.06. The monoisotopic (exact) mass is 768 g/mol. The molecule has 0 saturated heterocycles. The first kappa shape index (κ1) is 61.1. The number of anilines is 1. The molecule has 0 fully saturated rings. The van der Waals surface area contributed by atoms with Crippen molar-refractivity contribution >= 4 is 117 Å². The van der Waals surface area contributed by atoms with Crippen LogP contribution in [-0.4, -0.2) is 84.1 Å². The Bertz CT molecular complexity index is 1090. The Labute approximate surface area is 300 Å². The highest BCUT2D eigenvalue weighted by Gasteiger charge is 2.22. The van der Waals surface area contributed by atoms with Crippen molar-refractivity contribution in [1.82, 2.24) is 41.5 Å². The largest absolute Gasteiger partial charge is 0.383 e. The molecular formula is C22H46Cl6N12O5. The maximum atomic E-state index is 11.8. The fourth-order valence-electron chi connectivity index (χ4n) is 2.01. The van der Waals surface area contributed by atoms with Gasteiger partial charge in [-0.25, -0.2) is 23.9 Å². The first-order valence-electron chi connectivity index (χ1n) is 11.4. The van der Waals surface area contributed by atoms with Crippen LogP contribution in [-0.2, 0) is 4.79 Å². The van der Waals surface area contributed by atoms with Gasteiger partial charge in [0.05, 0.1) is 6.07 Å². The third kappa shape index (κ3) is 29.5. The molecule has 0 spiro atoms. The van der Waals surface area contributed by atoms with Gasteiger partial charge in [-0.2, -0.15) is 10.3 Å². The molecule has 45 heavy (non-hydrogen) atoms. The fraction of sp³-hybridized carbons (Fsp3) is 0.545. The van der Waals surface area contributed by atoms with Gasteiger partial charge in [-0.3, -0.25) is 14.9 Å². The van der Waals surface area contributed by atoms with Crippen LogP contribution < -0.4 is 43.4 Å². The number of hydrogen-bond donors (Lipinski definition) is 8. The number of nitrogen functional groups attached to an aromatic ring is 1. The Hall–Kier alpha value is -2.98. The number of imidazole rings is 1. The number of nitrogens with two attached hydrogens (primary N) is 2. The van der Waals surface area contributed by atoms with E-state index in [1.807, 2.05) is 41.5 Å². The van der Waals surface area contributed by atoms with Gasteiger partial charge in [0.2, 0.25) is 0 Å². The molecule has 1 heterocycles. The number of aromatic nitrogens is 2. The third-order valence-corrected chi connectivity index (χ3v) is 3.68. The molecule has 266 valence electrons. The number of hydrogen-bond acceptors (Lipinski definition) is 9. The van der Waals surface area contributed by atoms with Crippen molar-refractivity contribution in [3.63, 3.8) is 0 Å². The van der Waals surface area contributed by atoms with E-state index in [-0.39, 0.29) is 97.0 Å². The van der Waals surface area contributed by atoms with Gasteiger partial charge in [-0.1, -0.05) is 0 Å². The van der Waals surface area contributed by atoms with Crippen LogP contribution in [0.15, 0.2) is 11.3 Å². The summed E-state index contributed by atoms with van der Waals surface area (Å²) in [5.41, 5.74) is 10.2. The van der Waals surface area contributed by atoms with Crippen LogP contribution in [0.5, 0.6) is 0 Å². The molecule has 7 amide bonds. The van der Waals surface area contributed by atoms with Crippen LogP contribution in [0.4, 0.5) is 20.2 Å². The zero-order valence-electron chi connectivity index (χ0n) is 26.2. The zero-order valence-corrected chi connectivity index (χ0v) is 31.1. The number of carbonyl (C=O) groups is 5. The van der Waals surface area contributed by atoms with E-state index in [4.69, 9.17) is 16.7 Å². The Balaban J connectivity index is -0.0000000737. The molecule has 10 N–H and O–H groups in total. The average molecular weight is 771 g/mol. The number of nitrogens with zero attached hydrogens (tertiary/aromatic N) is 4. The molecule has 23 heteroatoms. The smallest absolute Gasteiger partial charge is 0.342 e. The molecule has 0 aliphatic carbocycles. The van der Waals surface area contributed by atoms with Crippen LogP contribution >= 0.6 is 74.4 Å². The van der Waals surface area contributed by atoms with Gasteiger partial charge in [0.25, 0.3) is 11.8 Å². The average Bonchev–Trinajstić information content (AvgIpc) is 3.22. The van der Waals surface area contributed by atoms with E-state index >= 15 is 0 Å². The highest BCUT2D eigenvalue weighted by molar-refractivity contribution is 5.98. The minimum Gasteiger partial charge on any atom is -0.383 e. The molecular weight excluding hydrogens is 725 g/mol. The lowest BCUT2D eigenvalue weighted by Crippen LogP contribution is -2.48. The molecule has 0 radical (unpaired) electrons. The first-order valence-corrected chi connectivity index (χ1v) is 11.4. The van der Waals surface area contributed by atoms with E-state index in [1.54, 1.807) is 6.07 Å². The summed E-state index contributed by atoms with van der Waals surface area (Å²) in [6.07, 6.45) is 2.23. The van der Waals surface area contributed by atoms with Gasteiger partial charge in [-0.05, 0) is 41.5 Å². The molecule has 1 rings (SSSR count). The summed E-state index contributed by atoms with van der Waals surface area (Å²) in [5.74, 6) is -0.816. The number of rotatable bonds is 3. The molecule has 0 aromatic carbocycles. The van der Waals surface area contributed by atoms with E-state index in [1.165, 1.54) is 27.5 Å². The van der Waals surface area contributed by atoms with Crippen LogP contribution in [0, 0.1) is 11.3 Å². The molecule has 0 bridgehead atoms. The normalized spacial score (nSPS) is 9.71. The van der Waals surface area contributed by atoms with Gasteiger partial charge in [0.15, 0.2) is 11.7 Å². The van der Waals surface area contributed by atoms with Crippen LogP contribution in [0.25, 0.3) is 0 Å². The van der Waals surface area contributed by atoms with Gasteiger partial charge in [-0.15, -0.1) is 74.4 Å². The minimum absolute atomic E-state index is 0. The topological polar surface area (TPSA) is 264 Å². The van der Waals surface area contributed by atoms with E-state index in [0.717, 1.165) is 10.9 Å². The Kier molecular flexibility index (Phi) is 40.3. The quantitative estimate of drug-likeness (QED) is 0.164. The second-order valence-electron chi connectivity index (χ2n) is 9.49. The van der Waals surface area contributed by atoms with Crippen molar-refractivity contribution in [3.05, 3.63) is 12.0 Å². The van der Waals surface area contributed by atoms with Crippen LogP contribution in [0.1, 0.15) is 52.0 Å². The Morgan fingerprint density at radius 2 is 1.36 bits per heavy atom. The number of carbonyl (C=O) groups excluding carboxylic acids is 5. The number of urea groups is 2. The van der Waals surface area contributed by atoms with Gasteiger partial charge in [0, 0.05) is 32.2 Å². The Morgan fingerprint density at radius 1 is 0.889 bits per heavy atom. The predicted molar refractivity (Wildman–Crippen MR) is 189 cm³/mol. The number of halogens is 6. The van der Waals surface area contributed by atoms with Crippen molar-refractivity contribution in [1.29, 1.82) is 5.26 Å². The van der Waals surface area contributed by atoms with E-state index in [2.05, 4.69) is 41.9 Å². The number of nitriles is 1. The van der Waals surface area contributed by atoms with Crippen molar-refractivity contribution in [2.75, 3.05) is 26.9 Å². The van der Waals surface area contributed by atoms with E-state index in [9.17, 15) is 24.0 Å². The standard InChI is InChI=1S/C10H17N5O2.C7H13N3O.C5H10N4O2.6ClH/c1-10(2,3)14-8(16)6-7(11)15(5-13-6)9(17)12-4;1-7(2,3)10-6(11)5(9)4-8;1-6-4(10)8-3-9-5(11)7-2;;;;;;/h5H,11H2,1-4H3,(H,12,17)(H,14,16);5H,9H2,1-3H3,(H,10,11);3H,1-2H3,(H3,6,7,8,9,10,11);6*1H. The van der Waals surface area contributed by atoms with Crippen LogP contribution in [0.3, 0.4) is 0 Å². The molecule has 17 nitrogen and oxygen atoms in total. The van der Waals surface area contributed by atoms with E-state index in [0.29, 0.717) is 0 Å². The van der Waals surface area contributed by atoms with Gasteiger partial charge in [0.1, 0.15) is 18.5 Å². The summed E-state index contributed by atoms with van der Waals surface area (Å²) in [6, 6.07) is -0.779. The van der Waals surface area contributed by atoms with Gasteiger partial charge < -0.3 is 38.1 Å². The lowest BCUT2D eigenvalue weighted by molar-refractivity contribution is -0.122. The summed E-state index contributed by atoms with van der Waals surface area (Å²) in [4.78, 5) is 62.0. The zero-order chi connectivity index (χ0) is 31.0. The third-order valence-electron chi connectivity index (χ3n) is 3.68. The summed E-state index contributed by atoms with van der Waals surface area (Å²) in [5, 5.41) is 22.7. The second kappa shape index (κ2) is 29.7. The summed E-state index contributed by atoms with van der Waals surface area (Å²) in [6.45, 7) is 11.0. The molecule has 1 atom stereocenters. The van der Waals surface area contributed by atoms with Crippen LogP contribution in [0.2, 0.25) is 0 Å². The fourth-order valence-corrected chi connectivity index (χ4v) is 2.01. The SMILES string of the molecule is CC(C)(C)NC(=O)C(N)C#N.CNC(=O)N=CNC(=O)NC.CNC(=O)n1cnc(C(=O)NC(C)(C)C)c1N.Cl.Cl.Cl.Cl.Cl.Cl. The highest BCUT2D eigenvalue weighted by Crippen LogP contribution is 2.11. The molecule has 1 unspecified atom stereocenters. The Morgan fingerprint density at radius 3 is 1.71 bits per heavy atom. The number of aliphatic imine (C=N–C) groups is 1. The molecule has 1 aromatic heterocycles. The van der Waals surface area contributed by atoms with Crippen molar-refractivity contribution in [2.24, 2.45) is 10.7 Å².